The standard InChI is InChI=1S/C12H17N3O2S3/c1-6-7(2)20-11(9(6)10(13)17)15-8(16)5-14-12(18-3)19-4/h5H2,1-4H3,(H2,13,17)(H,15,16). The molecule has 0 atom stereocenters. The molecule has 1 rings (SSSR count). The highest BCUT2D eigenvalue weighted by atomic mass is 32.2. The van der Waals surface area contributed by atoms with Crippen LogP contribution < -0.4 is 11.1 Å². The van der Waals surface area contributed by atoms with Crippen LogP contribution in [0, 0.1) is 13.8 Å². The number of nitrogens with zero attached hydrogens (tertiary/aromatic N) is 1. The molecule has 0 bridgehead atoms. The van der Waals surface area contributed by atoms with E-state index < -0.39 is 5.91 Å². The van der Waals surface area contributed by atoms with Crippen LogP contribution in [-0.4, -0.2) is 35.2 Å². The fourth-order valence-corrected chi connectivity index (χ4v) is 3.66. The molecule has 1 aromatic rings. The van der Waals surface area contributed by atoms with Gasteiger partial charge < -0.3 is 11.1 Å². The van der Waals surface area contributed by atoms with Crippen molar-refractivity contribution in [1.29, 1.82) is 0 Å². The maximum Gasteiger partial charge on any atom is 0.251 e. The minimum absolute atomic E-state index is 0.0329. The van der Waals surface area contributed by atoms with E-state index in [0.717, 1.165) is 14.8 Å². The molecule has 0 aliphatic carbocycles. The first-order valence-electron chi connectivity index (χ1n) is 5.72. The second kappa shape index (κ2) is 7.70. The number of rotatable bonds is 4. The number of nitrogens with one attached hydrogen (secondary N) is 1. The van der Waals surface area contributed by atoms with Gasteiger partial charge in [0.1, 0.15) is 15.9 Å². The van der Waals surface area contributed by atoms with E-state index in [0.29, 0.717) is 10.6 Å². The molecule has 110 valence electrons. The fourth-order valence-electron chi connectivity index (χ4n) is 1.53. The van der Waals surface area contributed by atoms with E-state index in [1.165, 1.54) is 34.9 Å². The Bertz CT molecular complexity index is 546. The Labute approximate surface area is 130 Å². The second-order valence-electron chi connectivity index (χ2n) is 3.89. The maximum absolute atomic E-state index is 11.9. The molecule has 20 heavy (non-hydrogen) atoms. The van der Waals surface area contributed by atoms with Gasteiger partial charge in [0.15, 0.2) is 0 Å². The van der Waals surface area contributed by atoms with Crippen LogP contribution in [0.25, 0.3) is 0 Å². The Hall–Kier alpha value is -0.990. The van der Waals surface area contributed by atoms with Gasteiger partial charge in [-0.1, -0.05) is 0 Å². The molecular formula is C12H17N3O2S3. The molecule has 0 fully saturated rings. The lowest BCUT2D eigenvalue weighted by Gasteiger charge is -2.04. The summed E-state index contributed by atoms with van der Waals surface area (Å²) in [7, 11) is 0. The maximum atomic E-state index is 11.9. The Balaban J connectivity index is 2.84. The zero-order chi connectivity index (χ0) is 15.3. The second-order valence-corrected chi connectivity index (χ2v) is 6.96. The number of thioether (sulfide) groups is 2. The first-order chi connectivity index (χ1) is 9.40. The molecule has 1 heterocycles. The van der Waals surface area contributed by atoms with E-state index in [-0.39, 0.29) is 12.5 Å². The third-order valence-electron chi connectivity index (χ3n) is 2.59. The van der Waals surface area contributed by atoms with Crippen LogP contribution in [0.15, 0.2) is 4.99 Å². The highest BCUT2D eigenvalue weighted by Gasteiger charge is 2.18. The van der Waals surface area contributed by atoms with Crippen LogP contribution in [0.3, 0.4) is 0 Å². The smallest absolute Gasteiger partial charge is 0.251 e. The van der Waals surface area contributed by atoms with Crippen molar-refractivity contribution in [3.8, 4) is 0 Å². The highest BCUT2D eigenvalue weighted by Crippen LogP contribution is 2.31. The number of primary amides is 1. The molecule has 2 amide bonds. The third-order valence-corrected chi connectivity index (χ3v) is 5.67. The number of carbonyl (C=O) groups is 2. The highest BCUT2D eigenvalue weighted by molar-refractivity contribution is 8.38. The van der Waals surface area contributed by atoms with Crippen molar-refractivity contribution in [2.45, 2.75) is 13.8 Å². The summed E-state index contributed by atoms with van der Waals surface area (Å²) in [5.41, 5.74) is 6.56. The van der Waals surface area contributed by atoms with Gasteiger partial charge in [0.2, 0.25) is 5.91 Å². The predicted molar refractivity (Wildman–Crippen MR) is 90.3 cm³/mol. The predicted octanol–water partition coefficient (Wildman–Crippen LogP) is 2.48. The van der Waals surface area contributed by atoms with E-state index in [4.69, 9.17) is 5.73 Å². The Morgan fingerprint density at radius 1 is 1.30 bits per heavy atom. The number of hydrogen-bond donors (Lipinski definition) is 2. The summed E-state index contributed by atoms with van der Waals surface area (Å²) in [6.07, 6.45) is 3.81. The number of aliphatic imine (C=N–C) groups is 1. The van der Waals surface area contributed by atoms with E-state index in [1.807, 2.05) is 26.4 Å². The Kier molecular flexibility index (Phi) is 6.57. The van der Waals surface area contributed by atoms with E-state index >= 15 is 0 Å². The molecule has 0 saturated carbocycles. The molecule has 0 aromatic carbocycles. The Morgan fingerprint density at radius 3 is 2.40 bits per heavy atom. The van der Waals surface area contributed by atoms with Crippen molar-refractivity contribution in [3.63, 3.8) is 0 Å². The number of carbonyl (C=O) groups excluding carboxylic acids is 2. The molecular weight excluding hydrogens is 314 g/mol. The number of nitrogens with two attached hydrogens (primary N) is 1. The molecule has 0 unspecified atom stereocenters. The molecule has 5 nitrogen and oxygen atoms in total. The zero-order valence-electron chi connectivity index (χ0n) is 11.8. The van der Waals surface area contributed by atoms with Crippen molar-refractivity contribution in [3.05, 3.63) is 16.0 Å². The quantitative estimate of drug-likeness (QED) is 0.656. The van der Waals surface area contributed by atoms with Crippen molar-refractivity contribution < 1.29 is 9.59 Å². The number of hydrogen-bond acceptors (Lipinski definition) is 6. The van der Waals surface area contributed by atoms with Gasteiger partial charge in [0.05, 0.1) is 5.56 Å². The lowest BCUT2D eigenvalue weighted by atomic mass is 10.1. The van der Waals surface area contributed by atoms with Gasteiger partial charge in [-0.25, -0.2) is 0 Å². The molecule has 0 aliphatic heterocycles. The molecule has 3 N–H and O–H groups in total. The zero-order valence-corrected chi connectivity index (χ0v) is 14.2. The monoisotopic (exact) mass is 331 g/mol. The van der Waals surface area contributed by atoms with Crippen LogP contribution >= 0.6 is 34.9 Å². The van der Waals surface area contributed by atoms with Gasteiger partial charge in [-0.05, 0) is 31.9 Å². The van der Waals surface area contributed by atoms with Gasteiger partial charge in [0, 0.05) is 4.88 Å². The molecule has 1 aromatic heterocycles. The first-order valence-corrected chi connectivity index (χ1v) is 8.99. The van der Waals surface area contributed by atoms with E-state index in [2.05, 4.69) is 10.3 Å². The topological polar surface area (TPSA) is 84.6 Å². The lowest BCUT2D eigenvalue weighted by molar-refractivity contribution is -0.114. The minimum atomic E-state index is -0.528. The first kappa shape index (κ1) is 17.1. The molecule has 8 heteroatoms. The summed E-state index contributed by atoms with van der Waals surface area (Å²) in [6.45, 7) is 3.74. The number of aryl methyl sites for hydroxylation is 1. The lowest BCUT2D eigenvalue weighted by Crippen LogP contribution is -2.19. The molecule has 0 aliphatic rings. The van der Waals surface area contributed by atoms with E-state index in [9.17, 15) is 9.59 Å². The van der Waals surface area contributed by atoms with Crippen molar-refractivity contribution in [2.24, 2.45) is 10.7 Å². The third kappa shape index (κ3) is 4.26. The molecule has 0 saturated heterocycles. The summed E-state index contributed by atoms with van der Waals surface area (Å²) in [5.74, 6) is -0.783. The van der Waals surface area contributed by atoms with Crippen LogP contribution in [0.2, 0.25) is 0 Å². The summed E-state index contributed by atoms with van der Waals surface area (Å²) in [6, 6.07) is 0. The fraction of sp³-hybridized carbons (Fsp3) is 0.417. The SMILES string of the molecule is CSC(=NCC(=O)Nc1sc(C)c(C)c1C(N)=O)SC. The van der Waals surface area contributed by atoms with Crippen molar-refractivity contribution in [2.75, 3.05) is 24.4 Å². The number of amides is 2. The molecule has 0 spiro atoms. The van der Waals surface area contributed by atoms with Gasteiger partial charge >= 0.3 is 0 Å². The summed E-state index contributed by atoms with van der Waals surface area (Å²) < 4.78 is 0.841. The number of anilines is 1. The van der Waals surface area contributed by atoms with Crippen LogP contribution in [0.5, 0.6) is 0 Å². The van der Waals surface area contributed by atoms with E-state index in [1.54, 1.807) is 0 Å². The summed E-state index contributed by atoms with van der Waals surface area (Å²) >= 11 is 4.34. The molecule has 0 radical (unpaired) electrons. The van der Waals surface area contributed by atoms with Crippen LogP contribution in [-0.2, 0) is 4.79 Å². The summed E-state index contributed by atoms with van der Waals surface area (Å²) in [5, 5.41) is 3.21. The summed E-state index contributed by atoms with van der Waals surface area (Å²) in [4.78, 5) is 28.4. The Morgan fingerprint density at radius 2 is 1.90 bits per heavy atom. The van der Waals surface area contributed by atoms with Crippen molar-refractivity contribution >= 4 is 56.1 Å². The largest absolute Gasteiger partial charge is 0.365 e. The average molecular weight is 331 g/mol. The minimum Gasteiger partial charge on any atom is -0.365 e. The van der Waals surface area contributed by atoms with Gasteiger partial charge in [-0.3, -0.25) is 14.6 Å². The van der Waals surface area contributed by atoms with Crippen molar-refractivity contribution in [1.82, 2.24) is 0 Å². The van der Waals surface area contributed by atoms with Gasteiger partial charge in [-0.2, -0.15) is 0 Å². The normalized spacial score (nSPS) is 10.2. The van der Waals surface area contributed by atoms with Crippen LogP contribution in [0.4, 0.5) is 5.00 Å². The van der Waals surface area contributed by atoms with Crippen LogP contribution in [0.1, 0.15) is 20.8 Å². The average Bonchev–Trinajstić information content (AvgIpc) is 2.65. The number of thiophene rings is 1. The van der Waals surface area contributed by atoms with Gasteiger partial charge in [-0.15, -0.1) is 34.9 Å². The van der Waals surface area contributed by atoms with Gasteiger partial charge in [0.25, 0.3) is 5.91 Å².